The van der Waals surface area contributed by atoms with Crippen molar-refractivity contribution < 1.29 is 14.3 Å². The van der Waals surface area contributed by atoms with Gasteiger partial charge in [0.1, 0.15) is 12.4 Å². The average Bonchev–Trinajstić information content (AvgIpc) is 3.09. The Morgan fingerprint density at radius 2 is 2.18 bits per heavy atom. The third-order valence-electron chi connectivity index (χ3n) is 4.06. The van der Waals surface area contributed by atoms with Gasteiger partial charge in [-0.25, -0.2) is 4.98 Å². The molecule has 3 heterocycles. The number of hydrogen-bond donors (Lipinski definition) is 0. The summed E-state index contributed by atoms with van der Waals surface area (Å²) in [6.07, 6.45) is 7.39. The van der Waals surface area contributed by atoms with E-state index in [4.69, 9.17) is 9.47 Å². The molecule has 3 rings (SSSR count). The van der Waals surface area contributed by atoms with Crippen molar-refractivity contribution in [2.24, 2.45) is 0 Å². The van der Waals surface area contributed by atoms with Gasteiger partial charge in [0.25, 0.3) is 0 Å². The van der Waals surface area contributed by atoms with Crippen LogP contribution >= 0.6 is 0 Å². The second kappa shape index (κ2) is 7.51. The molecule has 0 aromatic carbocycles. The molecule has 22 heavy (non-hydrogen) atoms. The minimum absolute atomic E-state index is 0.0526. The maximum absolute atomic E-state index is 12.1. The molecule has 0 N–H and O–H groups in total. The molecule has 1 amide bonds. The zero-order valence-corrected chi connectivity index (χ0v) is 12.7. The number of hydrogen-bond acceptors (Lipinski definition) is 6. The van der Waals surface area contributed by atoms with Crippen LogP contribution in [0.5, 0.6) is 0 Å². The molecule has 0 saturated carbocycles. The zero-order chi connectivity index (χ0) is 15.2. The van der Waals surface area contributed by atoms with Gasteiger partial charge >= 0.3 is 0 Å². The Hall–Kier alpha value is -1.73. The predicted octanol–water partition coefficient (Wildman–Crippen LogP) is 0.321. The smallest absolute Gasteiger partial charge is 0.248 e. The topological polar surface area (TPSA) is 67.8 Å². The zero-order valence-electron chi connectivity index (χ0n) is 12.7. The average molecular weight is 306 g/mol. The lowest BCUT2D eigenvalue weighted by molar-refractivity contribution is -0.137. The van der Waals surface area contributed by atoms with Crippen LogP contribution in [0.4, 0.5) is 5.82 Å². The highest BCUT2D eigenvalue weighted by Gasteiger charge is 2.22. The number of rotatable bonds is 5. The molecular formula is C15H22N4O3. The van der Waals surface area contributed by atoms with Gasteiger partial charge in [0, 0.05) is 45.2 Å². The summed E-state index contributed by atoms with van der Waals surface area (Å²) in [6.45, 7) is 4.41. The second-order valence-corrected chi connectivity index (χ2v) is 5.58. The van der Waals surface area contributed by atoms with E-state index in [1.165, 1.54) is 0 Å². The van der Waals surface area contributed by atoms with E-state index in [-0.39, 0.29) is 18.6 Å². The lowest BCUT2D eigenvalue weighted by atomic mass is 10.2. The van der Waals surface area contributed by atoms with Gasteiger partial charge in [-0.1, -0.05) is 0 Å². The molecular weight excluding hydrogens is 284 g/mol. The van der Waals surface area contributed by atoms with E-state index in [0.29, 0.717) is 19.7 Å². The first-order valence-corrected chi connectivity index (χ1v) is 7.81. The van der Waals surface area contributed by atoms with Gasteiger partial charge in [-0.05, 0) is 12.8 Å². The second-order valence-electron chi connectivity index (χ2n) is 5.58. The van der Waals surface area contributed by atoms with Crippen molar-refractivity contribution in [3.05, 3.63) is 18.6 Å². The van der Waals surface area contributed by atoms with Crippen molar-refractivity contribution in [2.45, 2.75) is 18.9 Å². The lowest BCUT2D eigenvalue weighted by Crippen LogP contribution is -2.50. The Balaban J connectivity index is 1.38. The fourth-order valence-electron chi connectivity index (χ4n) is 2.78. The molecule has 7 nitrogen and oxygen atoms in total. The number of carbonyl (C=O) groups is 1. The van der Waals surface area contributed by atoms with Crippen LogP contribution in [0.2, 0.25) is 0 Å². The maximum atomic E-state index is 12.1. The highest BCUT2D eigenvalue weighted by Crippen LogP contribution is 2.13. The maximum Gasteiger partial charge on any atom is 0.248 e. The molecule has 1 aromatic heterocycles. The van der Waals surface area contributed by atoms with E-state index < -0.39 is 0 Å². The predicted molar refractivity (Wildman–Crippen MR) is 80.6 cm³/mol. The molecule has 2 aliphatic rings. The number of carbonyl (C=O) groups excluding carboxylic acids is 1. The molecule has 2 fully saturated rings. The van der Waals surface area contributed by atoms with E-state index in [1.54, 1.807) is 18.6 Å². The van der Waals surface area contributed by atoms with Crippen molar-refractivity contribution in [2.75, 3.05) is 50.9 Å². The van der Waals surface area contributed by atoms with Crippen LogP contribution in [0.25, 0.3) is 0 Å². The van der Waals surface area contributed by atoms with Crippen molar-refractivity contribution in [3.63, 3.8) is 0 Å². The molecule has 2 saturated heterocycles. The number of ether oxygens (including phenoxy) is 2. The van der Waals surface area contributed by atoms with E-state index in [2.05, 4.69) is 14.9 Å². The molecule has 0 spiro atoms. The summed E-state index contributed by atoms with van der Waals surface area (Å²) in [6, 6.07) is 0. The van der Waals surface area contributed by atoms with E-state index >= 15 is 0 Å². The molecule has 0 aliphatic carbocycles. The van der Waals surface area contributed by atoms with Crippen LogP contribution in [0.1, 0.15) is 12.8 Å². The van der Waals surface area contributed by atoms with Crippen molar-refractivity contribution in [1.29, 1.82) is 0 Å². The number of aromatic nitrogens is 2. The van der Waals surface area contributed by atoms with Crippen LogP contribution < -0.4 is 4.90 Å². The first-order chi connectivity index (χ1) is 10.8. The SMILES string of the molecule is O=C(COCC1CCCO1)N1CCN(c2cnccn2)CC1. The monoisotopic (exact) mass is 306 g/mol. The Morgan fingerprint density at radius 3 is 2.86 bits per heavy atom. The molecule has 120 valence electrons. The third-order valence-corrected chi connectivity index (χ3v) is 4.06. The van der Waals surface area contributed by atoms with Crippen LogP contribution in [0, 0.1) is 0 Å². The first-order valence-electron chi connectivity index (χ1n) is 7.81. The molecule has 1 unspecified atom stereocenters. The number of nitrogens with zero attached hydrogens (tertiary/aromatic N) is 4. The summed E-state index contributed by atoms with van der Waals surface area (Å²) in [5.41, 5.74) is 0. The van der Waals surface area contributed by atoms with Gasteiger partial charge in [0.15, 0.2) is 0 Å². The fourth-order valence-corrected chi connectivity index (χ4v) is 2.78. The van der Waals surface area contributed by atoms with Gasteiger partial charge < -0.3 is 19.3 Å². The van der Waals surface area contributed by atoms with Crippen LogP contribution in [0.3, 0.4) is 0 Å². The van der Waals surface area contributed by atoms with Crippen molar-refractivity contribution in [3.8, 4) is 0 Å². The van der Waals surface area contributed by atoms with Crippen LogP contribution in [-0.2, 0) is 14.3 Å². The first kappa shape index (κ1) is 15.2. The normalized spacial score (nSPS) is 22.1. The highest BCUT2D eigenvalue weighted by molar-refractivity contribution is 5.77. The van der Waals surface area contributed by atoms with Crippen molar-refractivity contribution in [1.82, 2.24) is 14.9 Å². The third kappa shape index (κ3) is 3.92. The van der Waals surface area contributed by atoms with E-state index in [0.717, 1.165) is 38.4 Å². The molecule has 7 heteroatoms. The summed E-state index contributed by atoms with van der Waals surface area (Å²) >= 11 is 0. The summed E-state index contributed by atoms with van der Waals surface area (Å²) < 4.78 is 11.0. The van der Waals surface area contributed by atoms with Gasteiger partial charge in [0.2, 0.25) is 5.91 Å². The van der Waals surface area contributed by atoms with Crippen molar-refractivity contribution >= 4 is 11.7 Å². The molecule has 0 bridgehead atoms. The lowest BCUT2D eigenvalue weighted by Gasteiger charge is -2.35. The molecule has 0 radical (unpaired) electrons. The molecule has 1 atom stereocenters. The largest absolute Gasteiger partial charge is 0.376 e. The summed E-state index contributed by atoms with van der Waals surface area (Å²) in [5.74, 6) is 0.918. The van der Waals surface area contributed by atoms with Crippen LogP contribution in [0.15, 0.2) is 18.6 Å². The van der Waals surface area contributed by atoms with Gasteiger partial charge in [0.05, 0.1) is 18.9 Å². The number of piperazine rings is 1. The minimum atomic E-state index is 0.0526. The summed E-state index contributed by atoms with van der Waals surface area (Å²) in [7, 11) is 0. The summed E-state index contributed by atoms with van der Waals surface area (Å²) in [5, 5.41) is 0. The van der Waals surface area contributed by atoms with Gasteiger partial charge in [-0.2, -0.15) is 0 Å². The molecule has 1 aromatic rings. The Labute approximate surface area is 130 Å². The minimum Gasteiger partial charge on any atom is -0.376 e. The quantitative estimate of drug-likeness (QED) is 0.780. The van der Waals surface area contributed by atoms with Gasteiger partial charge in [-0.3, -0.25) is 9.78 Å². The van der Waals surface area contributed by atoms with Gasteiger partial charge in [-0.15, -0.1) is 0 Å². The Bertz CT molecular complexity index is 471. The standard InChI is InChI=1S/C15H22N4O3/c20-15(12-21-11-13-2-1-9-22-13)19-7-5-18(6-8-19)14-10-16-3-4-17-14/h3-4,10,13H,1-2,5-9,11-12H2. The van der Waals surface area contributed by atoms with E-state index in [9.17, 15) is 4.79 Å². The van der Waals surface area contributed by atoms with E-state index in [1.807, 2.05) is 4.90 Å². The molecule has 2 aliphatic heterocycles. The fraction of sp³-hybridized carbons (Fsp3) is 0.667. The summed E-state index contributed by atoms with van der Waals surface area (Å²) in [4.78, 5) is 24.5. The Kier molecular flexibility index (Phi) is 5.18. The number of amides is 1. The number of anilines is 1. The van der Waals surface area contributed by atoms with Crippen LogP contribution in [-0.4, -0.2) is 72.9 Å². The Morgan fingerprint density at radius 1 is 1.32 bits per heavy atom. The highest BCUT2D eigenvalue weighted by atomic mass is 16.5.